The van der Waals surface area contributed by atoms with E-state index in [1.165, 1.54) is 44.2 Å². The van der Waals surface area contributed by atoms with Gasteiger partial charge in [0.05, 0.1) is 27.8 Å². The van der Waals surface area contributed by atoms with E-state index < -0.39 is 5.41 Å². The van der Waals surface area contributed by atoms with E-state index in [1.807, 2.05) is 30.3 Å². The first-order chi connectivity index (χ1) is 22.3. The smallest absolute Gasteiger partial charge is 0.0973 e. The SMILES string of the molecule is c1ccc(-c2nc3ccccc3nc2-c2ccc3ccc4c(c3c2)-c2ccccc2C4(c2ccccc2)c2ccccc2)cc1. The summed E-state index contributed by atoms with van der Waals surface area (Å²) >= 11 is 0. The van der Waals surface area contributed by atoms with Crippen LogP contribution in [0.15, 0.2) is 170 Å². The molecule has 0 spiro atoms. The molecule has 0 radical (unpaired) electrons. The van der Waals surface area contributed by atoms with Crippen LogP contribution in [0.25, 0.3) is 55.4 Å². The van der Waals surface area contributed by atoms with Crippen molar-refractivity contribution in [2.24, 2.45) is 0 Å². The van der Waals surface area contributed by atoms with Crippen LogP contribution in [0.5, 0.6) is 0 Å². The number of para-hydroxylation sites is 2. The summed E-state index contributed by atoms with van der Waals surface area (Å²) in [5.74, 6) is 0. The maximum Gasteiger partial charge on any atom is 0.0973 e. The Morgan fingerprint density at radius 2 is 0.933 bits per heavy atom. The van der Waals surface area contributed by atoms with Gasteiger partial charge in [-0.3, -0.25) is 0 Å². The van der Waals surface area contributed by atoms with Crippen molar-refractivity contribution in [3.63, 3.8) is 0 Å². The van der Waals surface area contributed by atoms with Crippen LogP contribution in [0.1, 0.15) is 22.3 Å². The quantitative estimate of drug-likeness (QED) is 0.210. The largest absolute Gasteiger partial charge is 0.244 e. The molecule has 0 atom stereocenters. The normalized spacial score (nSPS) is 13.1. The molecule has 7 aromatic carbocycles. The van der Waals surface area contributed by atoms with Crippen LogP contribution in [0.3, 0.4) is 0 Å². The van der Waals surface area contributed by atoms with Gasteiger partial charge in [0.1, 0.15) is 0 Å². The molecule has 0 bridgehead atoms. The first-order valence-electron chi connectivity index (χ1n) is 15.4. The summed E-state index contributed by atoms with van der Waals surface area (Å²) in [5.41, 5.74) is 13.0. The molecule has 1 aliphatic rings. The molecule has 8 aromatic rings. The molecule has 0 amide bonds. The minimum absolute atomic E-state index is 0.434. The van der Waals surface area contributed by atoms with Crippen molar-refractivity contribution < 1.29 is 0 Å². The Hall–Kier alpha value is -5.86. The maximum atomic E-state index is 5.23. The number of hydrogen-bond donors (Lipinski definition) is 0. The summed E-state index contributed by atoms with van der Waals surface area (Å²) in [4.78, 5) is 10.4. The molecule has 0 saturated carbocycles. The highest BCUT2D eigenvalue weighted by atomic mass is 14.8. The number of fused-ring (bicyclic) bond motifs is 6. The molecule has 2 heteroatoms. The molecule has 0 unspecified atom stereocenters. The third kappa shape index (κ3) is 3.82. The van der Waals surface area contributed by atoms with Gasteiger partial charge >= 0.3 is 0 Å². The lowest BCUT2D eigenvalue weighted by Gasteiger charge is -2.33. The molecule has 1 aliphatic carbocycles. The Balaban J connectivity index is 1.37. The van der Waals surface area contributed by atoms with Crippen LogP contribution in [0.4, 0.5) is 0 Å². The first kappa shape index (κ1) is 25.6. The molecule has 2 nitrogen and oxygen atoms in total. The second kappa shape index (κ2) is 10.1. The molecule has 0 fully saturated rings. The average molecular weight is 573 g/mol. The number of nitrogens with zero attached hydrogens (tertiary/aromatic N) is 2. The number of benzene rings is 7. The number of rotatable bonds is 4. The van der Waals surface area contributed by atoms with E-state index >= 15 is 0 Å². The van der Waals surface area contributed by atoms with Gasteiger partial charge in [-0.2, -0.15) is 0 Å². The van der Waals surface area contributed by atoms with Crippen molar-refractivity contribution in [2.75, 3.05) is 0 Å². The van der Waals surface area contributed by atoms with E-state index in [-0.39, 0.29) is 0 Å². The van der Waals surface area contributed by atoms with Gasteiger partial charge in [-0.15, -0.1) is 0 Å². The van der Waals surface area contributed by atoms with Crippen molar-refractivity contribution in [3.05, 3.63) is 192 Å². The van der Waals surface area contributed by atoms with Crippen molar-refractivity contribution in [3.8, 4) is 33.6 Å². The molecular weight excluding hydrogens is 544 g/mol. The Kier molecular flexibility index (Phi) is 5.76. The molecule has 0 saturated heterocycles. The summed E-state index contributed by atoms with van der Waals surface area (Å²) in [5, 5.41) is 2.43. The third-order valence-corrected chi connectivity index (χ3v) is 9.33. The van der Waals surface area contributed by atoms with Gasteiger partial charge in [0, 0.05) is 11.1 Å². The van der Waals surface area contributed by atoms with Crippen molar-refractivity contribution in [1.29, 1.82) is 0 Å². The zero-order valence-electron chi connectivity index (χ0n) is 24.6. The van der Waals surface area contributed by atoms with E-state index in [2.05, 4.69) is 140 Å². The molecule has 1 aromatic heterocycles. The fourth-order valence-electron chi connectivity index (χ4n) is 7.41. The summed E-state index contributed by atoms with van der Waals surface area (Å²) in [7, 11) is 0. The standard InChI is InChI=1S/C43H28N2/c1-4-14-30(15-5-1)41-42(45-39-23-13-12-22-38(39)44-41)31-25-24-29-26-27-37-40(35(29)28-31)34-20-10-11-21-36(34)43(37,32-16-6-2-7-17-32)33-18-8-3-9-19-33/h1-28H. The van der Waals surface area contributed by atoms with Crippen molar-refractivity contribution >= 4 is 21.8 Å². The summed E-state index contributed by atoms with van der Waals surface area (Å²) < 4.78 is 0. The lowest BCUT2D eigenvalue weighted by Crippen LogP contribution is -2.28. The predicted octanol–water partition coefficient (Wildman–Crippen LogP) is 10.5. The monoisotopic (exact) mass is 572 g/mol. The van der Waals surface area contributed by atoms with Crippen LogP contribution in [0.2, 0.25) is 0 Å². The second-order valence-corrected chi connectivity index (χ2v) is 11.7. The zero-order valence-corrected chi connectivity index (χ0v) is 24.6. The highest BCUT2D eigenvalue weighted by Crippen LogP contribution is 2.57. The number of aromatic nitrogens is 2. The van der Waals surface area contributed by atoms with E-state index in [4.69, 9.17) is 9.97 Å². The van der Waals surface area contributed by atoms with Gasteiger partial charge in [0.15, 0.2) is 0 Å². The van der Waals surface area contributed by atoms with Crippen LogP contribution >= 0.6 is 0 Å². The molecule has 45 heavy (non-hydrogen) atoms. The van der Waals surface area contributed by atoms with Crippen LogP contribution in [0, 0.1) is 0 Å². The molecule has 1 heterocycles. The predicted molar refractivity (Wildman–Crippen MR) is 185 cm³/mol. The minimum atomic E-state index is -0.434. The van der Waals surface area contributed by atoms with Crippen LogP contribution in [-0.4, -0.2) is 9.97 Å². The van der Waals surface area contributed by atoms with Gasteiger partial charge in [-0.05, 0) is 62.4 Å². The summed E-state index contributed by atoms with van der Waals surface area (Å²) in [6.45, 7) is 0. The molecule has 9 rings (SSSR count). The maximum absolute atomic E-state index is 5.23. The Morgan fingerprint density at radius 3 is 1.60 bits per heavy atom. The van der Waals surface area contributed by atoms with Crippen molar-refractivity contribution in [1.82, 2.24) is 9.97 Å². The Bertz CT molecular complexity index is 2320. The highest BCUT2D eigenvalue weighted by Gasteiger charge is 2.46. The van der Waals surface area contributed by atoms with E-state index in [0.29, 0.717) is 0 Å². The Morgan fingerprint density at radius 1 is 0.400 bits per heavy atom. The molecule has 210 valence electrons. The number of hydrogen-bond acceptors (Lipinski definition) is 2. The van der Waals surface area contributed by atoms with Crippen molar-refractivity contribution in [2.45, 2.75) is 5.41 Å². The average Bonchev–Trinajstić information content (AvgIpc) is 3.43. The minimum Gasteiger partial charge on any atom is -0.244 e. The highest BCUT2D eigenvalue weighted by molar-refractivity contribution is 6.06. The zero-order chi connectivity index (χ0) is 29.8. The van der Waals surface area contributed by atoms with Crippen LogP contribution in [-0.2, 0) is 5.41 Å². The van der Waals surface area contributed by atoms with Gasteiger partial charge < -0.3 is 0 Å². The van der Waals surface area contributed by atoms with Gasteiger partial charge in [-0.1, -0.05) is 152 Å². The Labute approximate surface area is 262 Å². The topological polar surface area (TPSA) is 25.8 Å². The fourth-order valence-corrected chi connectivity index (χ4v) is 7.41. The van der Waals surface area contributed by atoms with E-state index in [0.717, 1.165) is 33.5 Å². The molecular formula is C43H28N2. The third-order valence-electron chi connectivity index (χ3n) is 9.33. The fraction of sp³-hybridized carbons (Fsp3) is 0.0233. The second-order valence-electron chi connectivity index (χ2n) is 11.7. The van der Waals surface area contributed by atoms with E-state index in [9.17, 15) is 0 Å². The van der Waals surface area contributed by atoms with Gasteiger partial charge in [0.25, 0.3) is 0 Å². The van der Waals surface area contributed by atoms with Gasteiger partial charge in [0.2, 0.25) is 0 Å². The summed E-state index contributed by atoms with van der Waals surface area (Å²) in [6.07, 6.45) is 0. The molecule has 0 N–H and O–H groups in total. The lowest BCUT2D eigenvalue weighted by atomic mass is 9.67. The van der Waals surface area contributed by atoms with Crippen LogP contribution < -0.4 is 0 Å². The van der Waals surface area contributed by atoms with Gasteiger partial charge in [-0.25, -0.2) is 9.97 Å². The lowest BCUT2D eigenvalue weighted by molar-refractivity contribution is 0.769. The first-order valence-corrected chi connectivity index (χ1v) is 15.4. The molecule has 0 aliphatic heterocycles. The van der Waals surface area contributed by atoms with E-state index in [1.54, 1.807) is 0 Å². The summed E-state index contributed by atoms with van der Waals surface area (Å²) in [6, 6.07) is 60.8.